The summed E-state index contributed by atoms with van der Waals surface area (Å²) in [6.07, 6.45) is 2.01. The van der Waals surface area contributed by atoms with Gasteiger partial charge in [-0.15, -0.1) is 0 Å². The highest BCUT2D eigenvalue weighted by Crippen LogP contribution is 2.05. The van der Waals surface area contributed by atoms with E-state index in [1.54, 1.807) is 24.3 Å². The predicted octanol–water partition coefficient (Wildman–Crippen LogP) is 1.30. The number of para-hydroxylation sites is 1. The van der Waals surface area contributed by atoms with Crippen LogP contribution in [0.1, 0.15) is 12.8 Å². The average molecular weight is 223 g/mol. The maximum Gasteiger partial charge on any atom is 0.322 e. The summed E-state index contributed by atoms with van der Waals surface area (Å²) in [7, 11) is 1.42. The highest BCUT2D eigenvalue weighted by Gasteiger charge is 2.21. The van der Waals surface area contributed by atoms with Crippen molar-refractivity contribution in [2.45, 2.75) is 18.9 Å². The number of ether oxygens (including phenoxy) is 1. The molecule has 88 valence electrons. The molecule has 0 spiro atoms. The smallest absolute Gasteiger partial charge is 0.322 e. The van der Waals surface area contributed by atoms with E-state index >= 15 is 0 Å². The molecule has 0 aromatic heterocycles. The monoisotopic (exact) mass is 223 g/mol. The SMILES string of the molecule is COC(=O)C1CCCN1.Oc1ccccc1. The number of phenols is 1. The van der Waals surface area contributed by atoms with Crippen LogP contribution in [0.3, 0.4) is 0 Å². The lowest BCUT2D eigenvalue weighted by atomic mass is 10.2. The third-order valence-electron chi connectivity index (χ3n) is 2.30. The molecule has 1 aliphatic rings. The molecular formula is C12H17NO3. The molecule has 0 saturated carbocycles. The minimum Gasteiger partial charge on any atom is -0.508 e. The van der Waals surface area contributed by atoms with Crippen LogP contribution in [-0.4, -0.2) is 30.8 Å². The van der Waals surface area contributed by atoms with Crippen LogP contribution in [0.5, 0.6) is 5.75 Å². The molecule has 2 N–H and O–H groups in total. The Kier molecular flexibility index (Phi) is 5.36. The molecule has 0 aliphatic carbocycles. The summed E-state index contributed by atoms with van der Waals surface area (Å²) >= 11 is 0. The molecule has 1 aromatic rings. The first kappa shape index (κ1) is 12.5. The lowest BCUT2D eigenvalue weighted by molar-refractivity contribution is -0.142. The van der Waals surface area contributed by atoms with Gasteiger partial charge < -0.3 is 15.2 Å². The van der Waals surface area contributed by atoms with E-state index in [1.807, 2.05) is 6.07 Å². The third-order valence-corrected chi connectivity index (χ3v) is 2.30. The van der Waals surface area contributed by atoms with Crippen molar-refractivity contribution in [2.24, 2.45) is 0 Å². The molecule has 0 amide bonds. The van der Waals surface area contributed by atoms with Crippen molar-refractivity contribution >= 4 is 5.97 Å². The van der Waals surface area contributed by atoms with E-state index in [-0.39, 0.29) is 12.0 Å². The Labute approximate surface area is 95.2 Å². The number of carbonyl (C=O) groups is 1. The lowest BCUT2D eigenvalue weighted by Crippen LogP contribution is -2.31. The normalized spacial score (nSPS) is 18.4. The number of carbonyl (C=O) groups excluding carboxylic acids is 1. The van der Waals surface area contributed by atoms with Crippen LogP contribution in [0.25, 0.3) is 0 Å². The van der Waals surface area contributed by atoms with Crippen LogP contribution in [0.4, 0.5) is 0 Å². The number of hydrogen-bond acceptors (Lipinski definition) is 4. The number of nitrogens with one attached hydrogen (secondary N) is 1. The molecule has 1 heterocycles. The zero-order chi connectivity index (χ0) is 11.8. The molecule has 1 aromatic carbocycles. The molecule has 1 saturated heterocycles. The van der Waals surface area contributed by atoms with E-state index < -0.39 is 0 Å². The zero-order valence-electron chi connectivity index (χ0n) is 9.35. The summed E-state index contributed by atoms with van der Waals surface area (Å²) in [5.41, 5.74) is 0. The fourth-order valence-corrected chi connectivity index (χ4v) is 1.46. The second-order valence-electron chi connectivity index (χ2n) is 3.51. The first-order chi connectivity index (χ1) is 7.74. The van der Waals surface area contributed by atoms with Crippen LogP contribution in [0.2, 0.25) is 0 Å². The lowest BCUT2D eigenvalue weighted by Gasteiger charge is -2.04. The highest BCUT2D eigenvalue weighted by molar-refractivity contribution is 5.75. The number of hydrogen-bond donors (Lipinski definition) is 2. The Bertz CT molecular complexity index is 307. The van der Waals surface area contributed by atoms with Gasteiger partial charge in [0, 0.05) is 0 Å². The van der Waals surface area contributed by atoms with Crippen molar-refractivity contribution in [3.63, 3.8) is 0 Å². The van der Waals surface area contributed by atoms with Crippen molar-refractivity contribution in [1.29, 1.82) is 0 Å². The molecule has 1 atom stereocenters. The van der Waals surface area contributed by atoms with Crippen molar-refractivity contribution < 1.29 is 14.6 Å². The number of methoxy groups -OCH3 is 1. The molecule has 4 heteroatoms. The van der Waals surface area contributed by atoms with E-state index in [4.69, 9.17) is 5.11 Å². The van der Waals surface area contributed by atoms with Crippen LogP contribution >= 0.6 is 0 Å². The quantitative estimate of drug-likeness (QED) is 0.705. The Morgan fingerprint density at radius 2 is 2.12 bits per heavy atom. The first-order valence-electron chi connectivity index (χ1n) is 5.29. The number of phenolic OH excluding ortho intramolecular Hbond substituents is 1. The van der Waals surface area contributed by atoms with E-state index in [1.165, 1.54) is 7.11 Å². The minimum absolute atomic E-state index is 0.0324. The van der Waals surface area contributed by atoms with E-state index in [0.29, 0.717) is 5.75 Å². The van der Waals surface area contributed by atoms with Crippen LogP contribution in [0.15, 0.2) is 30.3 Å². The van der Waals surface area contributed by atoms with Gasteiger partial charge in [0.05, 0.1) is 7.11 Å². The molecule has 0 bridgehead atoms. The fraction of sp³-hybridized carbons (Fsp3) is 0.417. The van der Waals surface area contributed by atoms with Gasteiger partial charge in [-0.1, -0.05) is 18.2 Å². The van der Waals surface area contributed by atoms with Gasteiger partial charge in [0.25, 0.3) is 0 Å². The van der Waals surface area contributed by atoms with E-state index in [2.05, 4.69) is 10.1 Å². The van der Waals surface area contributed by atoms with Crippen LogP contribution < -0.4 is 5.32 Å². The van der Waals surface area contributed by atoms with Gasteiger partial charge in [0.1, 0.15) is 11.8 Å². The zero-order valence-corrected chi connectivity index (χ0v) is 9.35. The van der Waals surface area contributed by atoms with Gasteiger partial charge in [-0.3, -0.25) is 4.79 Å². The summed E-state index contributed by atoms with van der Waals surface area (Å²) < 4.78 is 4.53. The second-order valence-corrected chi connectivity index (χ2v) is 3.51. The topological polar surface area (TPSA) is 58.6 Å². The molecule has 4 nitrogen and oxygen atoms in total. The predicted molar refractivity (Wildman–Crippen MR) is 61.1 cm³/mol. The Balaban J connectivity index is 0.000000165. The molecule has 1 aliphatic heterocycles. The summed E-state index contributed by atoms with van der Waals surface area (Å²) in [6, 6.07) is 8.68. The maximum absolute atomic E-state index is 10.7. The minimum atomic E-state index is -0.132. The van der Waals surface area contributed by atoms with Gasteiger partial charge in [-0.2, -0.15) is 0 Å². The first-order valence-corrected chi connectivity index (χ1v) is 5.29. The summed E-state index contributed by atoms with van der Waals surface area (Å²) in [6.45, 7) is 0.944. The molecule has 16 heavy (non-hydrogen) atoms. The van der Waals surface area contributed by atoms with E-state index in [9.17, 15) is 4.79 Å². The van der Waals surface area contributed by atoms with Crippen molar-refractivity contribution in [2.75, 3.05) is 13.7 Å². The van der Waals surface area contributed by atoms with Crippen LogP contribution in [-0.2, 0) is 9.53 Å². The molecule has 0 radical (unpaired) electrons. The van der Waals surface area contributed by atoms with E-state index in [0.717, 1.165) is 19.4 Å². The molecule has 1 unspecified atom stereocenters. The maximum atomic E-state index is 10.7. The number of rotatable bonds is 1. The Morgan fingerprint density at radius 1 is 1.44 bits per heavy atom. The van der Waals surface area contributed by atoms with Gasteiger partial charge in [0.2, 0.25) is 0 Å². The van der Waals surface area contributed by atoms with Gasteiger partial charge in [0.15, 0.2) is 0 Å². The summed E-state index contributed by atoms with van der Waals surface area (Å²) in [4.78, 5) is 10.7. The summed E-state index contributed by atoms with van der Waals surface area (Å²) in [5, 5.41) is 11.7. The van der Waals surface area contributed by atoms with Gasteiger partial charge >= 0.3 is 5.97 Å². The van der Waals surface area contributed by atoms with Gasteiger partial charge in [-0.05, 0) is 31.5 Å². The third kappa shape index (κ3) is 4.31. The summed E-state index contributed by atoms with van der Waals surface area (Å²) in [5.74, 6) is 0.190. The van der Waals surface area contributed by atoms with Crippen molar-refractivity contribution in [3.8, 4) is 5.75 Å². The van der Waals surface area contributed by atoms with Crippen molar-refractivity contribution in [1.82, 2.24) is 5.32 Å². The largest absolute Gasteiger partial charge is 0.508 e. The van der Waals surface area contributed by atoms with Crippen LogP contribution in [0, 0.1) is 0 Å². The number of esters is 1. The molecular weight excluding hydrogens is 206 g/mol. The Hall–Kier alpha value is -1.55. The average Bonchev–Trinajstić information content (AvgIpc) is 2.83. The molecule has 1 fully saturated rings. The number of aromatic hydroxyl groups is 1. The fourth-order valence-electron chi connectivity index (χ4n) is 1.46. The molecule has 2 rings (SSSR count). The second kappa shape index (κ2) is 6.85. The Morgan fingerprint density at radius 3 is 2.50 bits per heavy atom. The number of benzene rings is 1. The van der Waals surface area contributed by atoms with Crippen molar-refractivity contribution in [3.05, 3.63) is 30.3 Å². The standard InChI is InChI=1S/C6H11NO2.C6H6O/c1-9-6(8)5-3-2-4-7-5;7-6-4-2-1-3-5-6/h5,7H,2-4H2,1H3;1-5,7H. The van der Waals surface area contributed by atoms with Gasteiger partial charge in [-0.25, -0.2) is 0 Å². The highest BCUT2D eigenvalue weighted by atomic mass is 16.5.